The predicted molar refractivity (Wildman–Crippen MR) is 133 cm³/mol. The molecule has 0 aliphatic carbocycles. The Morgan fingerprint density at radius 1 is 1.09 bits per heavy atom. The van der Waals surface area contributed by atoms with Crippen LogP contribution < -0.4 is 9.47 Å². The van der Waals surface area contributed by atoms with E-state index in [2.05, 4.69) is 20.8 Å². The largest absolute Gasteiger partial charge is 0.507 e. The first-order valence-corrected chi connectivity index (χ1v) is 11.8. The number of aliphatic hydroxyl groups excluding tert-OH is 1. The molecule has 1 N–H and O–H groups in total. The molecule has 1 amide bonds. The van der Waals surface area contributed by atoms with Gasteiger partial charge >= 0.3 is 0 Å². The molecule has 34 heavy (non-hydrogen) atoms. The van der Waals surface area contributed by atoms with Gasteiger partial charge in [-0.3, -0.25) is 9.59 Å². The third-order valence-electron chi connectivity index (χ3n) is 6.06. The molecule has 1 unspecified atom stereocenters. The molecule has 6 heteroatoms. The standard InChI is InChI=1S/C28H35NO5/c1-7-9-15-29-24(18-11-10-12-20(16-18)33-6)23(26(31)27(29)32)25(30)19-13-14-22(34-8-2)21(17-19)28(3,4)5/h10-14,16-17,24,30H,7-9,15H2,1-6H3/b25-23-. The Bertz CT molecular complexity index is 1100. The number of carbonyl (C=O) groups is 2. The molecule has 6 nitrogen and oxygen atoms in total. The summed E-state index contributed by atoms with van der Waals surface area (Å²) in [6.07, 6.45) is 1.63. The number of hydrogen-bond acceptors (Lipinski definition) is 5. The van der Waals surface area contributed by atoms with Crippen molar-refractivity contribution >= 4 is 17.4 Å². The van der Waals surface area contributed by atoms with E-state index in [4.69, 9.17) is 9.47 Å². The first-order chi connectivity index (χ1) is 16.1. The van der Waals surface area contributed by atoms with Crippen LogP contribution in [0.5, 0.6) is 11.5 Å². The van der Waals surface area contributed by atoms with Crippen LogP contribution in [0.4, 0.5) is 0 Å². The molecule has 3 rings (SSSR count). The number of likely N-dealkylation sites (tertiary alicyclic amines) is 1. The Balaban J connectivity index is 2.21. The molecule has 182 valence electrons. The second-order valence-electron chi connectivity index (χ2n) is 9.52. The fraction of sp³-hybridized carbons (Fsp3) is 0.429. The zero-order valence-electron chi connectivity index (χ0n) is 21.0. The highest BCUT2D eigenvalue weighted by Gasteiger charge is 2.46. The average molecular weight is 466 g/mol. The summed E-state index contributed by atoms with van der Waals surface area (Å²) in [4.78, 5) is 27.8. The van der Waals surface area contributed by atoms with E-state index in [1.807, 2.05) is 50.2 Å². The molecular formula is C28H35NO5. The van der Waals surface area contributed by atoms with E-state index >= 15 is 0 Å². The van der Waals surface area contributed by atoms with E-state index < -0.39 is 17.7 Å². The van der Waals surface area contributed by atoms with Gasteiger partial charge in [-0.25, -0.2) is 0 Å². The number of methoxy groups -OCH3 is 1. The normalized spacial score (nSPS) is 17.8. The van der Waals surface area contributed by atoms with Gasteiger partial charge in [0.15, 0.2) is 0 Å². The van der Waals surface area contributed by atoms with Gasteiger partial charge in [-0.05, 0) is 54.7 Å². The van der Waals surface area contributed by atoms with E-state index in [-0.39, 0.29) is 16.7 Å². The second-order valence-corrected chi connectivity index (χ2v) is 9.52. The maximum absolute atomic E-state index is 13.2. The quantitative estimate of drug-likeness (QED) is 0.311. The van der Waals surface area contributed by atoms with Crippen molar-refractivity contribution in [2.24, 2.45) is 0 Å². The number of ether oxygens (including phenoxy) is 2. The fourth-order valence-corrected chi connectivity index (χ4v) is 4.30. The number of ketones is 1. The van der Waals surface area contributed by atoms with Crippen molar-refractivity contribution in [2.45, 2.75) is 58.9 Å². The van der Waals surface area contributed by atoms with Gasteiger partial charge in [0.1, 0.15) is 17.3 Å². The summed E-state index contributed by atoms with van der Waals surface area (Å²) in [5.41, 5.74) is 1.96. The molecule has 0 radical (unpaired) electrons. The number of hydrogen-bond donors (Lipinski definition) is 1. The third kappa shape index (κ3) is 4.96. The van der Waals surface area contributed by atoms with E-state index in [9.17, 15) is 14.7 Å². The number of carbonyl (C=O) groups excluding carboxylic acids is 2. The highest BCUT2D eigenvalue weighted by molar-refractivity contribution is 6.46. The smallest absolute Gasteiger partial charge is 0.295 e. The molecule has 1 atom stereocenters. The zero-order valence-corrected chi connectivity index (χ0v) is 21.0. The molecule has 1 fully saturated rings. The van der Waals surface area contributed by atoms with Gasteiger partial charge in [0.25, 0.3) is 11.7 Å². The highest BCUT2D eigenvalue weighted by atomic mass is 16.5. The third-order valence-corrected chi connectivity index (χ3v) is 6.06. The van der Waals surface area contributed by atoms with Gasteiger partial charge in [0.05, 0.1) is 25.3 Å². The van der Waals surface area contributed by atoms with Crippen LogP contribution in [0.2, 0.25) is 0 Å². The van der Waals surface area contributed by atoms with Crippen molar-refractivity contribution in [3.05, 3.63) is 64.7 Å². The van der Waals surface area contributed by atoms with Crippen LogP contribution in [0.3, 0.4) is 0 Å². The summed E-state index contributed by atoms with van der Waals surface area (Å²) >= 11 is 0. The zero-order chi connectivity index (χ0) is 25.0. The number of benzene rings is 2. The number of unbranched alkanes of at least 4 members (excludes halogenated alkanes) is 1. The first kappa shape index (κ1) is 25.3. The van der Waals surface area contributed by atoms with Crippen LogP contribution in [-0.4, -0.2) is 42.0 Å². The van der Waals surface area contributed by atoms with Gasteiger partial charge < -0.3 is 19.5 Å². The van der Waals surface area contributed by atoms with E-state index in [1.165, 1.54) is 0 Å². The summed E-state index contributed by atoms with van der Waals surface area (Å²) in [7, 11) is 1.57. The van der Waals surface area contributed by atoms with Crippen LogP contribution in [0.25, 0.3) is 5.76 Å². The van der Waals surface area contributed by atoms with E-state index in [0.29, 0.717) is 24.5 Å². The lowest BCUT2D eigenvalue weighted by Gasteiger charge is -2.26. The molecule has 2 aromatic carbocycles. The molecular weight excluding hydrogens is 430 g/mol. The van der Waals surface area contributed by atoms with Crippen molar-refractivity contribution in [1.82, 2.24) is 4.90 Å². The molecule has 1 heterocycles. The number of aliphatic hydroxyl groups is 1. The summed E-state index contributed by atoms with van der Waals surface area (Å²) in [6, 6.07) is 12.0. The number of amides is 1. The lowest BCUT2D eigenvalue weighted by Crippen LogP contribution is -2.30. The molecule has 1 saturated heterocycles. The van der Waals surface area contributed by atoms with Crippen molar-refractivity contribution < 1.29 is 24.2 Å². The topological polar surface area (TPSA) is 76.1 Å². The Kier molecular flexibility index (Phi) is 7.70. The van der Waals surface area contributed by atoms with Gasteiger partial charge in [-0.1, -0.05) is 46.2 Å². The lowest BCUT2D eigenvalue weighted by molar-refractivity contribution is -0.139. The summed E-state index contributed by atoms with van der Waals surface area (Å²) < 4.78 is 11.2. The van der Waals surface area contributed by atoms with Gasteiger partial charge in [0.2, 0.25) is 0 Å². The summed E-state index contributed by atoms with van der Waals surface area (Å²) in [5, 5.41) is 11.4. The van der Waals surface area contributed by atoms with Crippen LogP contribution >= 0.6 is 0 Å². The van der Waals surface area contributed by atoms with Crippen molar-refractivity contribution in [3.63, 3.8) is 0 Å². The summed E-state index contributed by atoms with van der Waals surface area (Å²) in [5.74, 6) is -0.0925. The maximum Gasteiger partial charge on any atom is 0.295 e. The molecule has 1 aliphatic heterocycles. The predicted octanol–water partition coefficient (Wildman–Crippen LogP) is 5.61. The minimum absolute atomic E-state index is 0.0957. The van der Waals surface area contributed by atoms with Crippen LogP contribution in [-0.2, 0) is 15.0 Å². The average Bonchev–Trinajstić information content (AvgIpc) is 3.06. The Morgan fingerprint density at radius 3 is 2.44 bits per heavy atom. The van der Waals surface area contributed by atoms with Gasteiger partial charge in [-0.2, -0.15) is 0 Å². The number of nitrogens with zero attached hydrogens (tertiary/aromatic N) is 1. The fourth-order valence-electron chi connectivity index (χ4n) is 4.30. The van der Waals surface area contributed by atoms with Crippen molar-refractivity contribution in [3.8, 4) is 11.5 Å². The molecule has 0 saturated carbocycles. The maximum atomic E-state index is 13.2. The van der Waals surface area contributed by atoms with Crippen molar-refractivity contribution in [1.29, 1.82) is 0 Å². The molecule has 2 aromatic rings. The van der Waals surface area contributed by atoms with E-state index in [1.54, 1.807) is 18.1 Å². The molecule has 0 spiro atoms. The molecule has 0 bridgehead atoms. The Labute approximate surface area is 202 Å². The van der Waals surface area contributed by atoms with Gasteiger partial charge in [0, 0.05) is 17.7 Å². The SMILES string of the molecule is CCCCN1C(=O)C(=O)/C(=C(\O)c2ccc(OCC)c(C(C)(C)C)c2)C1c1cccc(OC)c1. The van der Waals surface area contributed by atoms with E-state index in [0.717, 1.165) is 29.7 Å². The van der Waals surface area contributed by atoms with Crippen LogP contribution in [0, 0.1) is 0 Å². The molecule has 1 aliphatic rings. The first-order valence-electron chi connectivity index (χ1n) is 11.8. The van der Waals surface area contributed by atoms with Crippen LogP contribution in [0.1, 0.15) is 70.2 Å². The minimum Gasteiger partial charge on any atom is -0.507 e. The number of rotatable bonds is 8. The lowest BCUT2D eigenvalue weighted by atomic mass is 9.84. The Morgan fingerprint density at radius 2 is 1.82 bits per heavy atom. The summed E-state index contributed by atoms with van der Waals surface area (Å²) in [6.45, 7) is 11.1. The Hall–Kier alpha value is -3.28. The second kappa shape index (κ2) is 10.3. The highest BCUT2D eigenvalue weighted by Crippen LogP contribution is 2.41. The monoisotopic (exact) mass is 465 g/mol. The van der Waals surface area contributed by atoms with Crippen molar-refractivity contribution in [2.75, 3.05) is 20.3 Å². The molecule has 0 aromatic heterocycles. The van der Waals surface area contributed by atoms with Crippen LogP contribution in [0.15, 0.2) is 48.0 Å². The minimum atomic E-state index is -0.689. The van der Waals surface area contributed by atoms with Gasteiger partial charge in [-0.15, -0.1) is 0 Å². The number of Topliss-reactive ketones (excluding diaryl/α,β-unsaturated/α-hetero) is 1.